The molecule has 0 spiro atoms. The van der Waals surface area contributed by atoms with E-state index in [0.717, 1.165) is 29.9 Å². The summed E-state index contributed by atoms with van der Waals surface area (Å²) in [6, 6.07) is 13.0. The molecule has 1 amide bonds. The summed E-state index contributed by atoms with van der Waals surface area (Å²) in [5.41, 5.74) is 1.70. The van der Waals surface area contributed by atoms with Crippen molar-refractivity contribution >= 4 is 17.5 Å². The zero-order chi connectivity index (χ0) is 20.7. The molecule has 154 valence electrons. The highest BCUT2D eigenvalue weighted by atomic mass is 35.5. The summed E-state index contributed by atoms with van der Waals surface area (Å²) in [6.07, 6.45) is 2.21. The van der Waals surface area contributed by atoms with E-state index in [-0.39, 0.29) is 25.2 Å². The predicted octanol–water partition coefficient (Wildman–Crippen LogP) is 3.95. The second-order valence-corrected chi connectivity index (χ2v) is 8.04. The largest absolute Gasteiger partial charge is 0.454 e. The first-order valence-corrected chi connectivity index (χ1v) is 10.4. The third kappa shape index (κ3) is 3.73. The Balaban J connectivity index is 1.33. The van der Waals surface area contributed by atoms with E-state index in [1.165, 1.54) is 0 Å². The van der Waals surface area contributed by atoms with Crippen LogP contribution >= 0.6 is 11.6 Å². The summed E-state index contributed by atoms with van der Waals surface area (Å²) >= 11 is 6.16. The molecule has 0 bridgehead atoms. The van der Waals surface area contributed by atoms with Crippen LogP contribution in [0.5, 0.6) is 11.5 Å². The lowest BCUT2D eigenvalue weighted by molar-refractivity contribution is -0.122. The average Bonchev–Trinajstić information content (AvgIpc) is 3.34. The van der Waals surface area contributed by atoms with E-state index in [1.54, 1.807) is 4.68 Å². The van der Waals surface area contributed by atoms with Gasteiger partial charge in [0.25, 0.3) is 0 Å². The molecule has 1 N–H and O–H groups in total. The predicted molar refractivity (Wildman–Crippen MR) is 111 cm³/mol. The number of aromatic nitrogens is 3. The minimum Gasteiger partial charge on any atom is -0.454 e. The first kappa shape index (κ1) is 18.9. The van der Waals surface area contributed by atoms with E-state index in [2.05, 4.69) is 15.4 Å². The molecular weight excluding hydrogens is 404 g/mol. The molecule has 1 atom stereocenters. The van der Waals surface area contributed by atoms with E-state index in [0.29, 0.717) is 28.3 Å². The van der Waals surface area contributed by atoms with Gasteiger partial charge >= 0.3 is 0 Å². The molecule has 30 heavy (non-hydrogen) atoms. The first-order valence-electron chi connectivity index (χ1n) is 9.97. The van der Waals surface area contributed by atoms with Crippen molar-refractivity contribution in [2.75, 3.05) is 6.79 Å². The summed E-state index contributed by atoms with van der Waals surface area (Å²) in [5.74, 6) is 2.85. The number of hydrogen-bond donors (Lipinski definition) is 1. The average molecular weight is 425 g/mol. The second-order valence-electron chi connectivity index (χ2n) is 7.60. The third-order valence-corrected chi connectivity index (χ3v) is 5.63. The van der Waals surface area contributed by atoms with Gasteiger partial charge in [-0.25, -0.2) is 9.67 Å². The van der Waals surface area contributed by atoms with Crippen LogP contribution in [0.25, 0.3) is 5.69 Å². The number of amides is 1. The zero-order valence-corrected chi connectivity index (χ0v) is 17.2. The molecule has 1 unspecified atom stereocenters. The van der Waals surface area contributed by atoms with Crippen LogP contribution in [-0.2, 0) is 11.3 Å². The van der Waals surface area contributed by atoms with Crippen LogP contribution in [0.2, 0.25) is 5.02 Å². The van der Waals surface area contributed by atoms with Gasteiger partial charge in [0, 0.05) is 10.9 Å². The number of ether oxygens (including phenoxy) is 2. The number of nitrogens with one attached hydrogen (secondary N) is 1. The molecule has 0 radical (unpaired) electrons. The summed E-state index contributed by atoms with van der Waals surface area (Å²) in [4.78, 5) is 17.5. The van der Waals surface area contributed by atoms with E-state index in [9.17, 15) is 4.79 Å². The van der Waals surface area contributed by atoms with Crippen molar-refractivity contribution in [2.24, 2.45) is 0 Å². The molecule has 2 heterocycles. The van der Waals surface area contributed by atoms with Crippen LogP contribution in [0.4, 0.5) is 0 Å². The van der Waals surface area contributed by atoms with Gasteiger partial charge < -0.3 is 14.8 Å². The fourth-order valence-electron chi connectivity index (χ4n) is 3.46. The molecule has 5 rings (SSSR count). The summed E-state index contributed by atoms with van der Waals surface area (Å²) < 4.78 is 12.5. The van der Waals surface area contributed by atoms with Crippen LogP contribution in [0.1, 0.15) is 48.8 Å². The lowest BCUT2D eigenvalue weighted by Crippen LogP contribution is -2.28. The second kappa shape index (κ2) is 7.65. The normalized spacial score (nSPS) is 15.8. The van der Waals surface area contributed by atoms with Gasteiger partial charge in [0.2, 0.25) is 12.7 Å². The molecule has 0 saturated heterocycles. The standard InChI is InChI=1S/C22H21ClN4O3/c1-13(15-7-8-18-19(9-15)30-12-29-18)22(28)24-11-20-25-21(14-5-6-14)26-27(20)17-4-2-3-16(23)10-17/h2-4,7-10,13-14H,5-6,11-12H2,1H3,(H,24,28). The molecule has 1 aliphatic carbocycles. The van der Waals surface area contributed by atoms with E-state index in [4.69, 9.17) is 21.1 Å². The highest BCUT2D eigenvalue weighted by Gasteiger charge is 2.29. The fraction of sp³-hybridized carbons (Fsp3) is 0.318. The number of hydrogen-bond acceptors (Lipinski definition) is 5. The maximum Gasteiger partial charge on any atom is 0.231 e. The topological polar surface area (TPSA) is 78.3 Å². The molecule has 1 aromatic heterocycles. The van der Waals surface area contributed by atoms with Crippen molar-refractivity contribution < 1.29 is 14.3 Å². The maximum atomic E-state index is 12.8. The van der Waals surface area contributed by atoms with Crippen molar-refractivity contribution in [2.45, 2.75) is 38.1 Å². The minimum absolute atomic E-state index is 0.0949. The van der Waals surface area contributed by atoms with E-state index >= 15 is 0 Å². The number of carbonyl (C=O) groups is 1. The molecule has 8 heteroatoms. The molecule has 2 aromatic carbocycles. The Bertz CT molecular complexity index is 1110. The minimum atomic E-state index is -0.343. The molecule has 7 nitrogen and oxygen atoms in total. The van der Waals surface area contributed by atoms with Gasteiger partial charge in [-0.15, -0.1) is 0 Å². The number of nitrogens with zero attached hydrogens (tertiary/aromatic N) is 3. The van der Waals surface area contributed by atoms with Crippen LogP contribution in [0, 0.1) is 0 Å². The van der Waals surface area contributed by atoms with Crippen LogP contribution in [0.15, 0.2) is 42.5 Å². The van der Waals surface area contributed by atoms with E-state index in [1.807, 2.05) is 49.4 Å². The Morgan fingerprint density at radius 1 is 1.23 bits per heavy atom. The smallest absolute Gasteiger partial charge is 0.231 e. The molecule has 2 aliphatic rings. The Labute approximate surface area is 179 Å². The number of carbonyl (C=O) groups excluding carboxylic acids is 1. The van der Waals surface area contributed by atoms with Crippen molar-refractivity contribution in [3.05, 3.63) is 64.7 Å². The van der Waals surface area contributed by atoms with Crippen LogP contribution < -0.4 is 14.8 Å². The Morgan fingerprint density at radius 3 is 2.87 bits per heavy atom. The molecule has 1 aliphatic heterocycles. The Hall–Kier alpha value is -3.06. The van der Waals surface area contributed by atoms with Gasteiger partial charge in [-0.05, 0) is 55.7 Å². The number of rotatable bonds is 6. The molecule has 1 fully saturated rings. The SMILES string of the molecule is CC(C(=O)NCc1nc(C2CC2)nn1-c1cccc(Cl)c1)c1ccc2c(c1)OCO2. The number of benzene rings is 2. The Morgan fingerprint density at radius 2 is 2.07 bits per heavy atom. The van der Waals surface area contributed by atoms with Crippen molar-refractivity contribution in [1.82, 2.24) is 20.1 Å². The molecular formula is C22H21ClN4O3. The van der Waals surface area contributed by atoms with Gasteiger partial charge in [-0.2, -0.15) is 5.10 Å². The van der Waals surface area contributed by atoms with Gasteiger partial charge in [0.1, 0.15) is 0 Å². The summed E-state index contributed by atoms with van der Waals surface area (Å²) in [5, 5.41) is 8.29. The van der Waals surface area contributed by atoms with Crippen LogP contribution in [0.3, 0.4) is 0 Å². The highest BCUT2D eigenvalue weighted by Crippen LogP contribution is 2.38. The van der Waals surface area contributed by atoms with Gasteiger partial charge in [-0.3, -0.25) is 4.79 Å². The highest BCUT2D eigenvalue weighted by molar-refractivity contribution is 6.30. The lowest BCUT2D eigenvalue weighted by atomic mass is 10.00. The Kier molecular flexibility index (Phi) is 4.83. The van der Waals surface area contributed by atoms with Crippen LogP contribution in [-0.4, -0.2) is 27.5 Å². The maximum absolute atomic E-state index is 12.8. The summed E-state index contributed by atoms with van der Waals surface area (Å²) in [7, 11) is 0. The molecule has 3 aromatic rings. The van der Waals surface area contributed by atoms with Crippen molar-refractivity contribution in [3.63, 3.8) is 0 Å². The number of fused-ring (bicyclic) bond motifs is 1. The van der Waals surface area contributed by atoms with Crippen molar-refractivity contribution in [3.8, 4) is 17.2 Å². The first-order chi connectivity index (χ1) is 14.6. The van der Waals surface area contributed by atoms with Gasteiger partial charge in [0.05, 0.1) is 18.2 Å². The monoisotopic (exact) mass is 424 g/mol. The van der Waals surface area contributed by atoms with Gasteiger partial charge in [-0.1, -0.05) is 23.7 Å². The lowest BCUT2D eigenvalue weighted by Gasteiger charge is -2.13. The fourth-order valence-corrected chi connectivity index (χ4v) is 3.64. The van der Waals surface area contributed by atoms with Crippen molar-refractivity contribution in [1.29, 1.82) is 0 Å². The number of halogens is 1. The summed E-state index contributed by atoms with van der Waals surface area (Å²) in [6.45, 7) is 2.35. The van der Waals surface area contributed by atoms with E-state index < -0.39 is 0 Å². The molecule has 1 saturated carbocycles. The third-order valence-electron chi connectivity index (χ3n) is 5.40. The quantitative estimate of drug-likeness (QED) is 0.648. The van der Waals surface area contributed by atoms with Gasteiger partial charge in [0.15, 0.2) is 23.1 Å². The zero-order valence-electron chi connectivity index (χ0n) is 16.5.